The van der Waals surface area contributed by atoms with Gasteiger partial charge in [0.25, 0.3) is 0 Å². The first-order chi connectivity index (χ1) is 7.93. The summed E-state index contributed by atoms with van der Waals surface area (Å²) in [6.45, 7) is 3.88. The molecule has 17 heavy (non-hydrogen) atoms. The van der Waals surface area contributed by atoms with Crippen LogP contribution in [0.4, 0.5) is 0 Å². The highest BCUT2D eigenvalue weighted by Crippen LogP contribution is 2.13. The van der Waals surface area contributed by atoms with Gasteiger partial charge in [-0.15, -0.1) is 0 Å². The molecule has 2 unspecified atom stereocenters. The molecule has 0 aliphatic carbocycles. The van der Waals surface area contributed by atoms with E-state index >= 15 is 0 Å². The van der Waals surface area contributed by atoms with Crippen molar-refractivity contribution in [2.75, 3.05) is 19.1 Å². The number of thioether (sulfide) groups is 1. The predicted octanol–water partition coefficient (Wildman–Crippen LogP) is 1.82. The van der Waals surface area contributed by atoms with Crippen LogP contribution < -0.4 is 5.32 Å². The summed E-state index contributed by atoms with van der Waals surface area (Å²) < 4.78 is 4.67. The molecule has 0 saturated carbocycles. The summed E-state index contributed by atoms with van der Waals surface area (Å²) >= 11 is 4.93. The van der Waals surface area contributed by atoms with Gasteiger partial charge in [-0.1, -0.05) is 29.8 Å². The minimum Gasteiger partial charge on any atom is -0.467 e. The third kappa shape index (κ3) is 6.31. The predicted molar refractivity (Wildman–Crippen MR) is 74.5 cm³/mol. The van der Waals surface area contributed by atoms with Crippen LogP contribution in [0.25, 0.3) is 0 Å². The Hall–Kier alpha value is -0.230. The van der Waals surface area contributed by atoms with Crippen molar-refractivity contribution < 1.29 is 14.3 Å². The van der Waals surface area contributed by atoms with Gasteiger partial charge in [0.15, 0.2) is 0 Å². The number of hydrogen-bond acceptors (Lipinski definition) is 4. The lowest BCUT2D eigenvalue weighted by atomic mass is 10.1. The number of nitrogens with one attached hydrogen (secondary N) is 1. The van der Waals surface area contributed by atoms with Crippen LogP contribution in [0.2, 0.25) is 0 Å². The Morgan fingerprint density at radius 1 is 1.41 bits per heavy atom. The lowest BCUT2D eigenvalue weighted by Gasteiger charge is -2.19. The summed E-state index contributed by atoms with van der Waals surface area (Å²) in [4.78, 5) is 23.0. The first-order valence-electron chi connectivity index (χ1n) is 5.45. The third-order valence-electron chi connectivity index (χ3n) is 2.25. The van der Waals surface area contributed by atoms with Gasteiger partial charge < -0.3 is 10.1 Å². The number of alkyl halides is 1. The molecule has 0 aliphatic heterocycles. The van der Waals surface area contributed by atoms with Gasteiger partial charge in [-0.05, 0) is 24.3 Å². The molecule has 0 aromatic heterocycles. The van der Waals surface area contributed by atoms with Crippen LogP contribution in [-0.2, 0) is 14.3 Å². The monoisotopic (exact) mass is 325 g/mol. The van der Waals surface area contributed by atoms with Gasteiger partial charge in [0.05, 0.1) is 11.9 Å². The van der Waals surface area contributed by atoms with E-state index in [-0.39, 0.29) is 16.7 Å². The summed E-state index contributed by atoms with van der Waals surface area (Å²) in [7, 11) is 1.33. The van der Waals surface area contributed by atoms with E-state index in [0.29, 0.717) is 6.42 Å². The molecule has 0 radical (unpaired) electrons. The molecular formula is C11H20BrNO3S. The zero-order valence-corrected chi connectivity index (χ0v) is 13.1. The smallest absolute Gasteiger partial charge is 0.328 e. The minimum atomic E-state index is -0.557. The van der Waals surface area contributed by atoms with Gasteiger partial charge in [-0.25, -0.2) is 4.79 Å². The number of ether oxygens (including phenoxy) is 1. The molecule has 4 nitrogen and oxygen atoms in total. The minimum absolute atomic E-state index is 0.170. The molecule has 1 N–H and O–H groups in total. The average Bonchev–Trinajstić information content (AvgIpc) is 2.31. The number of carbonyl (C=O) groups is 2. The van der Waals surface area contributed by atoms with Crippen LogP contribution in [0.1, 0.15) is 20.3 Å². The maximum Gasteiger partial charge on any atom is 0.328 e. The highest BCUT2D eigenvalue weighted by Gasteiger charge is 2.25. The van der Waals surface area contributed by atoms with Crippen LogP contribution in [0.15, 0.2) is 0 Å². The molecule has 0 bridgehead atoms. The lowest BCUT2D eigenvalue weighted by Crippen LogP contribution is -2.46. The number of methoxy groups -OCH3 is 1. The van der Waals surface area contributed by atoms with E-state index < -0.39 is 12.0 Å². The van der Waals surface area contributed by atoms with Gasteiger partial charge in [-0.2, -0.15) is 11.8 Å². The quantitative estimate of drug-likeness (QED) is 0.573. The molecule has 2 atom stereocenters. The Labute approximate surface area is 115 Å². The van der Waals surface area contributed by atoms with E-state index in [0.717, 1.165) is 5.75 Å². The fourth-order valence-corrected chi connectivity index (χ4v) is 1.78. The molecule has 0 fully saturated rings. The van der Waals surface area contributed by atoms with E-state index in [1.165, 1.54) is 7.11 Å². The number of hydrogen-bond donors (Lipinski definition) is 1. The zero-order chi connectivity index (χ0) is 13.4. The topological polar surface area (TPSA) is 55.4 Å². The first kappa shape index (κ1) is 16.8. The second-order valence-corrected chi connectivity index (χ2v) is 5.98. The number of amides is 1. The maximum absolute atomic E-state index is 11.8. The Morgan fingerprint density at radius 3 is 2.41 bits per heavy atom. The van der Waals surface area contributed by atoms with Gasteiger partial charge in [0, 0.05) is 0 Å². The summed E-state index contributed by atoms with van der Waals surface area (Å²) in [5, 5.41) is 2.71. The molecular weight excluding hydrogens is 306 g/mol. The summed E-state index contributed by atoms with van der Waals surface area (Å²) in [6.07, 6.45) is 2.54. The van der Waals surface area contributed by atoms with Crippen molar-refractivity contribution >= 4 is 39.6 Å². The van der Waals surface area contributed by atoms with E-state index in [1.54, 1.807) is 11.8 Å². The second-order valence-electron chi connectivity index (χ2n) is 4.01. The summed E-state index contributed by atoms with van der Waals surface area (Å²) in [5.74, 6) is 0.413. The molecule has 6 heteroatoms. The van der Waals surface area contributed by atoms with Gasteiger partial charge in [0.1, 0.15) is 6.04 Å². The van der Waals surface area contributed by atoms with Crippen molar-refractivity contribution in [1.29, 1.82) is 0 Å². The van der Waals surface area contributed by atoms with Crippen molar-refractivity contribution in [3.8, 4) is 0 Å². The lowest BCUT2D eigenvalue weighted by molar-refractivity contribution is -0.145. The Bertz CT molecular complexity index is 261. The molecule has 1 amide bonds. The number of rotatable bonds is 7. The fraction of sp³-hybridized carbons (Fsp3) is 0.818. The molecule has 0 spiro atoms. The van der Waals surface area contributed by atoms with Crippen LogP contribution in [0, 0.1) is 5.92 Å². The Balaban J connectivity index is 4.41. The maximum atomic E-state index is 11.8. The molecule has 0 saturated heterocycles. The fourth-order valence-electron chi connectivity index (χ4n) is 1.18. The van der Waals surface area contributed by atoms with Crippen molar-refractivity contribution in [3.05, 3.63) is 0 Å². The number of halogens is 1. The van der Waals surface area contributed by atoms with E-state index in [1.807, 2.05) is 20.1 Å². The van der Waals surface area contributed by atoms with Gasteiger partial charge in [0.2, 0.25) is 5.91 Å². The van der Waals surface area contributed by atoms with Crippen LogP contribution in [0.3, 0.4) is 0 Å². The highest BCUT2D eigenvalue weighted by atomic mass is 79.9. The Kier molecular flexibility index (Phi) is 8.68. The van der Waals surface area contributed by atoms with Gasteiger partial charge in [-0.3, -0.25) is 4.79 Å². The summed E-state index contributed by atoms with van der Waals surface area (Å²) in [5.41, 5.74) is 0. The summed E-state index contributed by atoms with van der Waals surface area (Å²) in [6, 6.07) is -0.557. The number of carbonyl (C=O) groups excluding carboxylic acids is 2. The molecule has 100 valence electrons. The Morgan fingerprint density at radius 2 is 2.00 bits per heavy atom. The highest BCUT2D eigenvalue weighted by molar-refractivity contribution is 9.10. The molecule has 0 heterocycles. The van der Waals surface area contributed by atoms with Crippen LogP contribution in [-0.4, -0.2) is 41.9 Å². The molecule has 0 aromatic carbocycles. The van der Waals surface area contributed by atoms with Crippen molar-refractivity contribution in [1.82, 2.24) is 5.32 Å². The molecule has 0 rings (SSSR count). The van der Waals surface area contributed by atoms with Crippen molar-refractivity contribution in [3.63, 3.8) is 0 Å². The normalized spacial score (nSPS) is 14.2. The van der Waals surface area contributed by atoms with Crippen molar-refractivity contribution in [2.24, 2.45) is 5.92 Å². The second kappa shape index (κ2) is 8.80. The van der Waals surface area contributed by atoms with E-state index in [4.69, 9.17) is 0 Å². The van der Waals surface area contributed by atoms with Crippen LogP contribution in [0.5, 0.6) is 0 Å². The SMILES string of the molecule is COC(=O)C(CCSC)NC(=O)C(Br)C(C)C. The molecule has 0 aliphatic rings. The third-order valence-corrected chi connectivity index (χ3v) is 4.37. The standard InChI is InChI=1S/C11H20BrNO3S/c1-7(2)9(12)10(14)13-8(5-6-17-4)11(15)16-3/h7-9H,5-6H2,1-4H3,(H,13,14). The molecule has 0 aromatic rings. The van der Waals surface area contributed by atoms with E-state index in [9.17, 15) is 9.59 Å². The van der Waals surface area contributed by atoms with E-state index in [2.05, 4.69) is 26.0 Å². The van der Waals surface area contributed by atoms with Gasteiger partial charge >= 0.3 is 5.97 Å². The number of esters is 1. The van der Waals surface area contributed by atoms with Crippen molar-refractivity contribution in [2.45, 2.75) is 31.1 Å². The zero-order valence-electron chi connectivity index (χ0n) is 10.7. The first-order valence-corrected chi connectivity index (χ1v) is 7.76. The van der Waals surface area contributed by atoms with Crippen LogP contribution >= 0.6 is 27.7 Å². The average molecular weight is 326 g/mol. The largest absolute Gasteiger partial charge is 0.467 e.